The number of halogens is 2. The third-order valence-corrected chi connectivity index (χ3v) is 7.16. The Hall–Kier alpha value is -1.97. The van der Waals surface area contributed by atoms with Gasteiger partial charge >= 0.3 is 0 Å². The van der Waals surface area contributed by atoms with Crippen LogP contribution in [0.5, 0.6) is 0 Å². The molecule has 0 unspecified atom stereocenters. The summed E-state index contributed by atoms with van der Waals surface area (Å²) in [6.45, 7) is 4.25. The second-order valence-corrected chi connectivity index (χ2v) is 9.33. The van der Waals surface area contributed by atoms with Crippen molar-refractivity contribution < 1.29 is 9.18 Å². The van der Waals surface area contributed by atoms with Crippen LogP contribution in [0.1, 0.15) is 19.8 Å². The monoisotopic (exact) mass is 451 g/mol. The average Bonchev–Trinajstić information content (AvgIpc) is 3.13. The first-order chi connectivity index (χ1) is 14.0. The number of nitrogens with zero attached hydrogens (tertiary/aromatic N) is 4. The molecule has 1 aliphatic heterocycles. The molecule has 6 nitrogen and oxygen atoms in total. The minimum Gasteiger partial charge on any atom is -0.348 e. The zero-order valence-corrected chi connectivity index (χ0v) is 18.1. The van der Waals surface area contributed by atoms with Crippen molar-refractivity contribution in [2.24, 2.45) is 5.92 Å². The van der Waals surface area contributed by atoms with Crippen molar-refractivity contribution in [3.63, 3.8) is 0 Å². The molecule has 1 amide bonds. The molecule has 0 saturated carbocycles. The van der Waals surface area contributed by atoms with E-state index in [9.17, 15) is 9.18 Å². The minimum atomic E-state index is -0.449. The van der Waals surface area contributed by atoms with Crippen molar-refractivity contribution in [2.75, 3.05) is 29.1 Å². The zero-order chi connectivity index (χ0) is 20.4. The highest BCUT2D eigenvalue weighted by Gasteiger charge is 2.21. The van der Waals surface area contributed by atoms with Gasteiger partial charge in [0.15, 0.2) is 10.8 Å². The number of hydrogen-bond donors (Lipinski definition) is 1. The molecule has 0 spiro atoms. The lowest BCUT2D eigenvalue weighted by Gasteiger charge is -2.30. The summed E-state index contributed by atoms with van der Waals surface area (Å²) < 4.78 is 14.0. The van der Waals surface area contributed by atoms with Gasteiger partial charge < -0.3 is 10.2 Å². The van der Waals surface area contributed by atoms with Crippen molar-refractivity contribution in [1.82, 2.24) is 15.0 Å². The van der Waals surface area contributed by atoms with E-state index in [1.54, 1.807) is 11.3 Å². The molecule has 10 heteroatoms. The summed E-state index contributed by atoms with van der Waals surface area (Å²) in [6.07, 6.45) is 3.88. The molecule has 0 bridgehead atoms. The van der Waals surface area contributed by atoms with E-state index in [4.69, 9.17) is 11.6 Å². The topological polar surface area (TPSA) is 71.0 Å². The summed E-state index contributed by atoms with van der Waals surface area (Å²) in [5.74, 6) is 0.103. The van der Waals surface area contributed by atoms with Crippen LogP contribution in [-0.4, -0.2) is 39.7 Å². The molecule has 29 heavy (non-hydrogen) atoms. The first-order valence-corrected chi connectivity index (χ1v) is 11.4. The molecular weight excluding hydrogens is 433 g/mol. The van der Waals surface area contributed by atoms with E-state index in [1.165, 1.54) is 42.7 Å². The molecule has 152 valence electrons. The Kier molecular flexibility index (Phi) is 6.17. The molecule has 3 aromatic rings. The third kappa shape index (κ3) is 4.79. The predicted molar refractivity (Wildman–Crippen MR) is 117 cm³/mol. The fraction of sp³-hybridized carbons (Fsp3) is 0.368. The maximum absolute atomic E-state index is 13.1. The molecule has 0 radical (unpaired) electrons. The van der Waals surface area contributed by atoms with E-state index in [0.717, 1.165) is 34.4 Å². The molecule has 1 fully saturated rings. The molecule has 1 aromatic carbocycles. The fourth-order valence-corrected chi connectivity index (χ4v) is 5.37. The summed E-state index contributed by atoms with van der Waals surface area (Å²) in [7, 11) is 0. The second-order valence-electron chi connectivity index (χ2n) is 6.98. The number of carbonyl (C=O) groups excluding carboxylic acids is 1. The van der Waals surface area contributed by atoms with Crippen LogP contribution in [0.15, 0.2) is 29.6 Å². The van der Waals surface area contributed by atoms with E-state index in [0.29, 0.717) is 17.3 Å². The highest BCUT2D eigenvalue weighted by molar-refractivity contribution is 8.00. The van der Waals surface area contributed by atoms with Crippen LogP contribution in [0.3, 0.4) is 0 Å². The Morgan fingerprint density at radius 2 is 2.31 bits per heavy atom. The lowest BCUT2D eigenvalue weighted by molar-refractivity contribution is -0.113. The number of hydrogen-bond acceptors (Lipinski definition) is 7. The highest BCUT2D eigenvalue weighted by atomic mass is 35.5. The molecule has 1 aliphatic rings. The van der Waals surface area contributed by atoms with Gasteiger partial charge in [0.25, 0.3) is 0 Å². The van der Waals surface area contributed by atoms with Crippen molar-refractivity contribution in [1.29, 1.82) is 0 Å². The summed E-state index contributed by atoms with van der Waals surface area (Å²) >= 11 is 8.85. The number of thioether (sulfide) groups is 1. The number of benzene rings is 1. The number of anilines is 2. The van der Waals surface area contributed by atoms with E-state index in [-0.39, 0.29) is 16.7 Å². The quantitative estimate of drug-likeness (QED) is 0.442. The normalized spacial score (nSPS) is 16.9. The van der Waals surface area contributed by atoms with Gasteiger partial charge in [-0.15, -0.1) is 0 Å². The van der Waals surface area contributed by atoms with Gasteiger partial charge in [0.1, 0.15) is 21.9 Å². The van der Waals surface area contributed by atoms with Crippen LogP contribution in [-0.2, 0) is 4.79 Å². The summed E-state index contributed by atoms with van der Waals surface area (Å²) in [6, 6.07) is 3.86. The van der Waals surface area contributed by atoms with E-state index in [1.807, 2.05) is 0 Å². The third-order valence-electron chi connectivity index (χ3n) is 4.62. The van der Waals surface area contributed by atoms with Gasteiger partial charge in [0.05, 0.1) is 16.5 Å². The Morgan fingerprint density at radius 3 is 3.10 bits per heavy atom. The summed E-state index contributed by atoms with van der Waals surface area (Å²) in [5.41, 5.74) is 1.04. The maximum Gasteiger partial charge on any atom is 0.234 e. The number of thiazole rings is 1. The van der Waals surface area contributed by atoms with Crippen LogP contribution in [0, 0.1) is 11.7 Å². The lowest BCUT2D eigenvalue weighted by atomic mass is 10.0. The van der Waals surface area contributed by atoms with Crippen LogP contribution in [0.2, 0.25) is 5.02 Å². The van der Waals surface area contributed by atoms with Crippen molar-refractivity contribution in [3.8, 4) is 0 Å². The number of amides is 1. The summed E-state index contributed by atoms with van der Waals surface area (Å²) in [4.78, 5) is 27.9. The number of carbonyl (C=O) groups is 1. The Labute approximate surface area is 180 Å². The van der Waals surface area contributed by atoms with Gasteiger partial charge in [0, 0.05) is 13.1 Å². The molecule has 4 rings (SSSR count). The van der Waals surface area contributed by atoms with Gasteiger partial charge in [-0.25, -0.2) is 14.4 Å². The molecule has 1 N–H and O–H groups in total. The van der Waals surface area contributed by atoms with Crippen LogP contribution in [0.4, 0.5) is 15.2 Å². The molecule has 2 aromatic heterocycles. The number of aromatic nitrogens is 3. The molecule has 0 aliphatic carbocycles. The smallest absolute Gasteiger partial charge is 0.234 e. The average molecular weight is 452 g/mol. The summed E-state index contributed by atoms with van der Waals surface area (Å²) in [5, 5.41) is 4.54. The van der Waals surface area contributed by atoms with E-state index < -0.39 is 5.82 Å². The Morgan fingerprint density at radius 1 is 1.45 bits per heavy atom. The molecule has 1 atom stereocenters. The number of rotatable bonds is 5. The van der Waals surface area contributed by atoms with Crippen molar-refractivity contribution >= 4 is 61.8 Å². The first kappa shape index (κ1) is 20.3. The standard InChI is InChI=1S/C19H19ClFN5OS2/c1-11-3-2-6-26(8-11)19-25-17-16(29-19)18(23-10-22-17)28-9-15(27)24-14-5-4-12(21)7-13(14)20/h4-5,7,10-11H,2-3,6,8-9H2,1H3,(H,24,27)/t11-/m1/s1. The van der Waals surface area contributed by atoms with Crippen LogP contribution in [0.25, 0.3) is 10.3 Å². The minimum absolute atomic E-state index is 0.147. The lowest BCUT2D eigenvalue weighted by Crippen LogP contribution is -2.34. The van der Waals surface area contributed by atoms with Gasteiger partial charge in [-0.1, -0.05) is 41.6 Å². The van der Waals surface area contributed by atoms with Crippen molar-refractivity contribution in [3.05, 3.63) is 35.4 Å². The van der Waals surface area contributed by atoms with Crippen LogP contribution < -0.4 is 10.2 Å². The Bertz CT molecular complexity index is 1050. The Balaban J connectivity index is 1.45. The van der Waals surface area contributed by atoms with E-state index >= 15 is 0 Å². The highest BCUT2D eigenvalue weighted by Crippen LogP contribution is 2.35. The van der Waals surface area contributed by atoms with E-state index in [2.05, 4.69) is 32.1 Å². The van der Waals surface area contributed by atoms with Crippen LogP contribution >= 0.6 is 34.7 Å². The largest absolute Gasteiger partial charge is 0.348 e. The predicted octanol–water partition coefficient (Wildman–Crippen LogP) is 4.85. The zero-order valence-electron chi connectivity index (χ0n) is 15.7. The molecular formula is C19H19ClFN5OS2. The van der Waals surface area contributed by atoms with Gasteiger partial charge in [-0.2, -0.15) is 4.98 Å². The maximum atomic E-state index is 13.1. The fourth-order valence-electron chi connectivity index (χ4n) is 3.23. The molecule has 1 saturated heterocycles. The van der Waals surface area contributed by atoms with Gasteiger partial charge in [-0.3, -0.25) is 4.79 Å². The number of piperidine rings is 1. The second kappa shape index (κ2) is 8.81. The van der Waals surface area contributed by atoms with Crippen molar-refractivity contribution in [2.45, 2.75) is 24.8 Å². The number of fused-ring (bicyclic) bond motifs is 1. The molecule has 3 heterocycles. The first-order valence-electron chi connectivity index (χ1n) is 9.24. The number of nitrogens with one attached hydrogen (secondary N) is 1. The SMILES string of the molecule is C[C@@H]1CCCN(c2nc3ncnc(SCC(=O)Nc4ccc(F)cc4Cl)c3s2)C1. The van der Waals surface area contributed by atoms with Gasteiger partial charge in [-0.05, 0) is 37.0 Å². The van der Waals surface area contributed by atoms with Gasteiger partial charge in [0.2, 0.25) is 5.91 Å².